The van der Waals surface area contributed by atoms with E-state index in [4.69, 9.17) is 9.47 Å². The number of nitrogens with one attached hydrogen (secondary N) is 1. The van der Waals surface area contributed by atoms with Crippen molar-refractivity contribution in [3.8, 4) is 11.5 Å². The highest BCUT2D eigenvalue weighted by molar-refractivity contribution is 5.96. The van der Waals surface area contributed by atoms with Crippen molar-refractivity contribution in [1.29, 1.82) is 0 Å². The molecule has 3 aromatic rings. The first-order chi connectivity index (χ1) is 12.2. The highest BCUT2D eigenvalue weighted by Crippen LogP contribution is 2.29. The van der Waals surface area contributed by atoms with Crippen LogP contribution in [0.4, 0.5) is 11.4 Å². The Morgan fingerprint density at radius 2 is 1.88 bits per heavy atom. The van der Waals surface area contributed by atoms with E-state index in [0.29, 0.717) is 24.1 Å². The molecule has 7 heteroatoms. The number of nitro groups is 1. The Bertz CT molecular complexity index is 881. The van der Waals surface area contributed by atoms with Gasteiger partial charge in [-0.25, -0.2) is 0 Å². The molecule has 0 aliphatic heterocycles. The number of nitro benzene ring substituents is 1. The van der Waals surface area contributed by atoms with Crippen LogP contribution in [0.5, 0.6) is 11.5 Å². The molecule has 0 aliphatic carbocycles. The average molecular weight is 339 g/mol. The number of anilines is 1. The largest absolute Gasteiger partial charge is 0.497 e. The predicted octanol–water partition coefficient (Wildman–Crippen LogP) is 3.64. The number of methoxy groups -OCH3 is 1. The number of pyridine rings is 1. The van der Waals surface area contributed by atoms with Crippen LogP contribution in [-0.4, -0.2) is 30.2 Å². The van der Waals surface area contributed by atoms with Crippen LogP contribution < -0.4 is 14.8 Å². The molecule has 1 aromatic heterocycles. The number of ether oxygens (including phenoxy) is 2. The second-order valence-electron chi connectivity index (χ2n) is 5.24. The highest BCUT2D eigenvalue weighted by atomic mass is 16.6. The molecule has 25 heavy (non-hydrogen) atoms. The molecule has 0 saturated heterocycles. The van der Waals surface area contributed by atoms with Crippen LogP contribution in [0.2, 0.25) is 0 Å². The SMILES string of the molecule is COc1ccc(OCCNc2ccc([N+](=O)[O-])c3cccnc23)cc1. The summed E-state index contributed by atoms with van der Waals surface area (Å²) in [6.07, 6.45) is 1.62. The zero-order chi connectivity index (χ0) is 17.6. The molecule has 128 valence electrons. The maximum atomic E-state index is 11.1. The van der Waals surface area contributed by atoms with Crippen molar-refractivity contribution < 1.29 is 14.4 Å². The molecule has 3 rings (SSSR count). The molecular formula is C18H17N3O4. The van der Waals surface area contributed by atoms with Crippen LogP contribution in [0, 0.1) is 10.1 Å². The lowest BCUT2D eigenvalue weighted by atomic mass is 10.1. The van der Waals surface area contributed by atoms with E-state index in [0.717, 1.165) is 17.2 Å². The zero-order valence-electron chi connectivity index (χ0n) is 13.6. The van der Waals surface area contributed by atoms with Gasteiger partial charge in [0.05, 0.1) is 23.1 Å². The third kappa shape index (κ3) is 3.77. The molecule has 1 N–H and O–H groups in total. The molecular weight excluding hydrogens is 322 g/mol. The Hall–Kier alpha value is -3.35. The van der Waals surface area contributed by atoms with E-state index < -0.39 is 4.92 Å². The molecule has 0 amide bonds. The Kier molecular flexibility index (Phi) is 4.94. The summed E-state index contributed by atoms with van der Waals surface area (Å²) in [5.41, 5.74) is 1.35. The van der Waals surface area contributed by atoms with Crippen molar-refractivity contribution in [1.82, 2.24) is 4.98 Å². The van der Waals surface area contributed by atoms with Gasteiger partial charge in [-0.15, -0.1) is 0 Å². The Morgan fingerprint density at radius 3 is 2.60 bits per heavy atom. The number of benzene rings is 2. The van der Waals surface area contributed by atoms with Gasteiger partial charge in [-0.2, -0.15) is 0 Å². The number of non-ortho nitro benzene ring substituents is 1. The van der Waals surface area contributed by atoms with E-state index in [2.05, 4.69) is 10.3 Å². The van der Waals surface area contributed by atoms with Crippen molar-refractivity contribution in [3.63, 3.8) is 0 Å². The van der Waals surface area contributed by atoms with Gasteiger partial charge >= 0.3 is 0 Å². The van der Waals surface area contributed by atoms with E-state index >= 15 is 0 Å². The van der Waals surface area contributed by atoms with Gasteiger partial charge in [0.1, 0.15) is 23.6 Å². The molecule has 1 heterocycles. The summed E-state index contributed by atoms with van der Waals surface area (Å²) in [4.78, 5) is 15.0. The van der Waals surface area contributed by atoms with E-state index in [1.54, 1.807) is 31.5 Å². The van der Waals surface area contributed by atoms with E-state index in [1.807, 2.05) is 24.3 Å². The number of nitrogens with zero attached hydrogens (tertiary/aromatic N) is 2. The van der Waals surface area contributed by atoms with Crippen molar-refractivity contribution in [2.45, 2.75) is 0 Å². The second-order valence-corrected chi connectivity index (χ2v) is 5.24. The van der Waals surface area contributed by atoms with Gasteiger partial charge in [-0.3, -0.25) is 15.1 Å². The minimum atomic E-state index is -0.402. The normalized spacial score (nSPS) is 10.4. The molecule has 0 bridgehead atoms. The zero-order valence-corrected chi connectivity index (χ0v) is 13.6. The first-order valence-electron chi connectivity index (χ1n) is 7.72. The Balaban J connectivity index is 1.65. The molecule has 7 nitrogen and oxygen atoms in total. The third-order valence-corrected chi connectivity index (χ3v) is 3.69. The third-order valence-electron chi connectivity index (χ3n) is 3.69. The fourth-order valence-corrected chi connectivity index (χ4v) is 2.49. The van der Waals surface area contributed by atoms with Crippen LogP contribution in [-0.2, 0) is 0 Å². The van der Waals surface area contributed by atoms with Gasteiger partial charge < -0.3 is 14.8 Å². The van der Waals surface area contributed by atoms with Crippen molar-refractivity contribution >= 4 is 22.3 Å². The van der Waals surface area contributed by atoms with Gasteiger partial charge in [0.2, 0.25) is 0 Å². The maximum absolute atomic E-state index is 11.1. The average Bonchev–Trinajstić information content (AvgIpc) is 2.65. The number of hydrogen-bond acceptors (Lipinski definition) is 6. The van der Waals surface area contributed by atoms with Gasteiger partial charge in [0, 0.05) is 18.8 Å². The molecule has 0 unspecified atom stereocenters. The van der Waals surface area contributed by atoms with Crippen LogP contribution in [0.15, 0.2) is 54.7 Å². The molecule has 0 aliphatic rings. The van der Waals surface area contributed by atoms with Gasteiger partial charge in [-0.1, -0.05) is 0 Å². The summed E-state index contributed by atoms with van der Waals surface area (Å²) in [5.74, 6) is 1.52. The molecule has 0 radical (unpaired) electrons. The summed E-state index contributed by atoms with van der Waals surface area (Å²) in [5, 5.41) is 14.8. The molecule has 2 aromatic carbocycles. The van der Waals surface area contributed by atoms with Gasteiger partial charge in [0.15, 0.2) is 0 Å². The minimum absolute atomic E-state index is 0.0446. The van der Waals surface area contributed by atoms with Crippen LogP contribution in [0.3, 0.4) is 0 Å². The summed E-state index contributed by atoms with van der Waals surface area (Å²) in [7, 11) is 1.61. The van der Waals surface area contributed by atoms with E-state index in [1.165, 1.54) is 6.07 Å². The van der Waals surface area contributed by atoms with E-state index in [9.17, 15) is 10.1 Å². The van der Waals surface area contributed by atoms with Crippen molar-refractivity contribution in [2.75, 3.05) is 25.6 Å². The Morgan fingerprint density at radius 1 is 1.12 bits per heavy atom. The number of fused-ring (bicyclic) bond motifs is 1. The lowest BCUT2D eigenvalue weighted by Crippen LogP contribution is -2.12. The highest BCUT2D eigenvalue weighted by Gasteiger charge is 2.14. The van der Waals surface area contributed by atoms with Crippen molar-refractivity contribution in [3.05, 3.63) is 64.8 Å². The quantitative estimate of drug-likeness (QED) is 0.402. The lowest BCUT2D eigenvalue weighted by Gasteiger charge is -2.11. The van der Waals surface area contributed by atoms with E-state index in [-0.39, 0.29) is 5.69 Å². The van der Waals surface area contributed by atoms with Crippen LogP contribution in [0.1, 0.15) is 0 Å². The summed E-state index contributed by atoms with van der Waals surface area (Å²) < 4.78 is 10.8. The number of aromatic nitrogens is 1. The maximum Gasteiger partial charge on any atom is 0.278 e. The van der Waals surface area contributed by atoms with Crippen LogP contribution >= 0.6 is 0 Å². The fraction of sp³-hybridized carbons (Fsp3) is 0.167. The number of hydrogen-bond donors (Lipinski definition) is 1. The second kappa shape index (κ2) is 7.48. The summed E-state index contributed by atoms with van der Waals surface area (Å²) in [6, 6.07) is 13.9. The first-order valence-corrected chi connectivity index (χ1v) is 7.72. The Labute approximate surface area is 144 Å². The standard InChI is InChI=1S/C18H17N3O4/c1-24-13-4-6-14(7-5-13)25-12-11-19-16-8-9-17(21(22)23)15-3-2-10-20-18(15)16/h2-10,19H,11-12H2,1H3. The summed E-state index contributed by atoms with van der Waals surface area (Å²) in [6.45, 7) is 0.979. The fourth-order valence-electron chi connectivity index (χ4n) is 2.49. The van der Waals surface area contributed by atoms with Crippen LogP contribution in [0.25, 0.3) is 10.9 Å². The molecule has 0 spiro atoms. The number of rotatable bonds is 7. The van der Waals surface area contributed by atoms with Gasteiger partial charge in [-0.05, 0) is 42.5 Å². The lowest BCUT2D eigenvalue weighted by molar-refractivity contribution is -0.383. The monoisotopic (exact) mass is 339 g/mol. The molecule has 0 saturated carbocycles. The van der Waals surface area contributed by atoms with Crippen molar-refractivity contribution in [2.24, 2.45) is 0 Å². The summed E-state index contributed by atoms with van der Waals surface area (Å²) >= 11 is 0. The topological polar surface area (TPSA) is 86.5 Å². The smallest absolute Gasteiger partial charge is 0.278 e. The minimum Gasteiger partial charge on any atom is -0.497 e. The first kappa shape index (κ1) is 16.5. The molecule has 0 atom stereocenters. The predicted molar refractivity (Wildman–Crippen MR) is 95.4 cm³/mol. The van der Waals surface area contributed by atoms with Gasteiger partial charge in [0.25, 0.3) is 5.69 Å². The molecule has 0 fully saturated rings.